The van der Waals surface area contributed by atoms with Crippen LogP contribution in [0.4, 0.5) is 5.82 Å². The minimum Gasteiger partial charge on any atom is -0.352 e. The zero-order valence-electron chi connectivity index (χ0n) is 10.2. The van der Waals surface area contributed by atoms with Gasteiger partial charge in [-0.3, -0.25) is 4.79 Å². The number of nitrogens with one attached hydrogen (secondary N) is 1. The van der Waals surface area contributed by atoms with Crippen molar-refractivity contribution in [1.82, 2.24) is 10.3 Å². The summed E-state index contributed by atoms with van der Waals surface area (Å²) >= 11 is 3.43. The van der Waals surface area contributed by atoms with Crippen LogP contribution in [0.15, 0.2) is 16.7 Å². The number of amides is 1. The first-order chi connectivity index (χ1) is 7.93. The van der Waals surface area contributed by atoms with E-state index in [4.69, 9.17) is 0 Å². The highest BCUT2D eigenvalue weighted by molar-refractivity contribution is 9.10. The number of aromatic nitrogens is 1. The lowest BCUT2D eigenvalue weighted by atomic mass is 9.99. The van der Waals surface area contributed by atoms with Crippen molar-refractivity contribution >= 4 is 27.7 Å². The van der Waals surface area contributed by atoms with Crippen molar-refractivity contribution in [2.45, 2.75) is 26.3 Å². The van der Waals surface area contributed by atoms with Gasteiger partial charge in [-0.2, -0.15) is 0 Å². The molecule has 0 aromatic carbocycles. The lowest BCUT2D eigenvalue weighted by molar-refractivity contribution is -0.126. The van der Waals surface area contributed by atoms with Crippen LogP contribution >= 0.6 is 15.9 Å². The maximum atomic E-state index is 11.9. The number of pyridine rings is 1. The molecule has 0 unspecified atom stereocenters. The summed E-state index contributed by atoms with van der Waals surface area (Å²) in [4.78, 5) is 18.3. The highest BCUT2D eigenvalue weighted by Gasteiger charge is 2.38. The molecule has 1 aromatic rings. The molecule has 1 amide bonds. The molecule has 2 rings (SSSR count). The second-order valence-corrected chi connectivity index (χ2v) is 5.61. The first kappa shape index (κ1) is 12.4. The fraction of sp³-hybridized carbons (Fsp3) is 0.500. The van der Waals surface area contributed by atoms with Gasteiger partial charge in [0.2, 0.25) is 5.91 Å². The number of hydrogen-bond donors (Lipinski definition) is 1. The zero-order valence-corrected chi connectivity index (χ0v) is 11.8. The quantitative estimate of drug-likeness (QED) is 0.861. The maximum absolute atomic E-state index is 11.9. The van der Waals surface area contributed by atoms with Crippen LogP contribution in [0.3, 0.4) is 0 Å². The molecule has 5 heteroatoms. The molecule has 92 valence electrons. The van der Waals surface area contributed by atoms with Crippen molar-refractivity contribution in [1.29, 1.82) is 0 Å². The SMILES string of the molecule is Cc1cc(N2CCNC(=O)C2(C)C)ncc1Br. The predicted molar refractivity (Wildman–Crippen MR) is 71.1 cm³/mol. The van der Waals surface area contributed by atoms with Gasteiger partial charge < -0.3 is 10.2 Å². The van der Waals surface area contributed by atoms with Crippen LogP contribution in [0.2, 0.25) is 0 Å². The summed E-state index contributed by atoms with van der Waals surface area (Å²) in [6.45, 7) is 7.30. The van der Waals surface area contributed by atoms with E-state index in [0.717, 1.165) is 22.4 Å². The highest BCUT2D eigenvalue weighted by atomic mass is 79.9. The van der Waals surface area contributed by atoms with E-state index in [-0.39, 0.29) is 5.91 Å². The molecule has 0 bridgehead atoms. The Morgan fingerprint density at radius 1 is 1.53 bits per heavy atom. The number of hydrogen-bond acceptors (Lipinski definition) is 3. The first-order valence-corrected chi connectivity index (χ1v) is 6.40. The Balaban J connectivity index is 2.38. The van der Waals surface area contributed by atoms with E-state index >= 15 is 0 Å². The van der Waals surface area contributed by atoms with Crippen molar-refractivity contribution < 1.29 is 4.79 Å². The molecule has 1 saturated heterocycles. The highest BCUT2D eigenvalue weighted by Crippen LogP contribution is 2.27. The lowest BCUT2D eigenvalue weighted by Gasteiger charge is -2.42. The summed E-state index contributed by atoms with van der Waals surface area (Å²) in [5, 5.41) is 2.88. The van der Waals surface area contributed by atoms with Crippen molar-refractivity contribution in [3.63, 3.8) is 0 Å². The second kappa shape index (κ2) is 4.29. The molecule has 1 N–H and O–H groups in total. The third-order valence-corrected chi connectivity index (χ3v) is 3.99. The molecule has 1 aliphatic rings. The van der Waals surface area contributed by atoms with Crippen LogP contribution in [-0.4, -0.2) is 29.5 Å². The Kier molecular flexibility index (Phi) is 3.12. The Bertz CT molecular complexity index is 459. The van der Waals surface area contributed by atoms with Gasteiger partial charge >= 0.3 is 0 Å². The number of nitrogens with zero attached hydrogens (tertiary/aromatic N) is 2. The van der Waals surface area contributed by atoms with Crippen LogP contribution < -0.4 is 10.2 Å². The minimum absolute atomic E-state index is 0.0473. The number of anilines is 1. The van der Waals surface area contributed by atoms with E-state index in [1.54, 1.807) is 6.20 Å². The van der Waals surface area contributed by atoms with Crippen molar-refractivity contribution in [2.24, 2.45) is 0 Å². The van der Waals surface area contributed by atoms with Crippen molar-refractivity contribution in [2.75, 3.05) is 18.0 Å². The topological polar surface area (TPSA) is 45.2 Å². The van der Waals surface area contributed by atoms with Gasteiger partial charge in [0.05, 0.1) is 0 Å². The Morgan fingerprint density at radius 3 is 2.88 bits per heavy atom. The van der Waals surface area contributed by atoms with E-state index in [1.165, 1.54) is 0 Å². The van der Waals surface area contributed by atoms with E-state index in [1.807, 2.05) is 31.7 Å². The molecule has 0 aliphatic carbocycles. The normalized spacial score (nSPS) is 19.1. The molecule has 4 nitrogen and oxygen atoms in total. The number of carbonyl (C=O) groups is 1. The molecule has 0 atom stereocenters. The number of piperazine rings is 1. The van der Waals surface area contributed by atoms with Crippen LogP contribution in [-0.2, 0) is 4.79 Å². The van der Waals surface area contributed by atoms with E-state index < -0.39 is 5.54 Å². The predicted octanol–water partition coefficient (Wildman–Crippen LogP) is 1.87. The summed E-state index contributed by atoms with van der Waals surface area (Å²) in [6.07, 6.45) is 1.78. The van der Waals surface area contributed by atoms with Gasteiger partial charge in [-0.1, -0.05) is 0 Å². The Labute approximate surface area is 110 Å². The lowest BCUT2D eigenvalue weighted by Crippen LogP contribution is -2.62. The Morgan fingerprint density at radius 2 is 2.24 bits per heavy atom. The summed E-state index contributed by atoms with van der Waals surface area (Å²) in [7, 11) is 0. The molecule has 0 radical (unpaired) electrons. The molecule has 1 aromatic heterocycles. The van der Waals surface area contributed by atoms with Crippen LogP contribution in [0, 0.1) is 6.92 Å². The van der Waals surface area contributed by atoms with Crippen LogP contribution in [0.1, 0.15) is 19.4 Å². The van der Waals surface area contributed by atoms with Gasteiger partial charge in [0.1, 0.15) is 11.4 Å². The molecule has 1 fully saturated rings. The van der Waals surface area contributed by atoms with Gasteiger partial charge in [-0.25, -0.2) is 4.98 Å². The third kappa shape index (κ3) is 2.16. The largest absolute Gasteiger partial charge is 0.352 e. The van der Waals surface area contributed by atoms with Crippen LogP contribution in [0.5, 0.6) is 0 Å². The number of carbonyl (C=O) groups excluding carboxylic acids is 1. The standard InChI is InChI=1S/C12H16BrN3O/c1-8-6-10(15-7-9(8)13)16-5-4-14-11(17)12(16,2)3/h6-7H,4-5H2,1-3H3,(H,14,17). The fourth-order valence-corrected chi connectivity index (χ4v) is 2.19. The number of rotatable bonds is 1. The zero-order chi connectivity index (χ0) is 12.6. The van der Waals surface area contributed by atoms with Crippen molar-refractivity contribution in [3.8, 4) is 0 Å². The van der Waals surface area contributed by atoms with E-state index in [9.17, 15) is 4.79 Å². The molecular formula is C12H16BrN3O. The van der Waals surface area contributed by atoms with Crippen molar-refractivity contribution in [3.05, 3.63) is 22.3 Å². The van der Waals surface area contributed by atoms with E-state index in [0.29, 0.717) is 6.54 Å². The summed E-state index contributed by atoms with van der Waals surface area (Å²) in [5.41, 5.74) is 0.572. The smallest absolute Gasteiger partial charge is 0.245 e. The first-order valence-electron chi connectivity index (χ1n) is 5.61. The second-order valence-electron chi connectivity index (χ2n) is 4.76. The van der Waals surface area contributed by atoms with Crippen LogP contribution in [0.25, 0.3) is 0 Å². The summed E-state index contributed by atoms with van der Waals surface area (Å²) in [5.74, 6) is 0.900. The Hall–Kier alpha value is -1.10. The summed E-state index contributed by atoms with van der Waals surface area (Å²) < 4.78 is 0.987. The van der Waals surface area contributed by atoms with Gasteiger partial charge in [-0.05, 0) is 48.3 Å². The van der Waals surface area contributed by atoms with Gasteiger partial charge in [0, 0.05) is 23.8 Å². The van der Waals surface area contributed by atoms with Gasteiger partial charge in [0.25, 0.3) is 0 Å². The molecule has 17 heavy (non-hydrogen) atoms. The maximum Gasteiger partial charge on any atom is 0.245 e. The molecular weight excluding hydrogens is 282 g/mol. The fourth-order valence-electron chi connectivity index (χ4n) is 1.97. The van der Waals surface area contributed by atoms with Gasteiger partial charge in [-0.15, -0.1) is 0 Å². The van der Waals surface area contributed by atoms with E-state index in [2.05, 4.69) is 26.2 Å². The average molecular weight is 298 g/mol. The minimum atomic E-state index is -0.550. The molecule has 0 saturated carbocycles. The number of halogens is 1. The third-order valence-electron chi connectivity index (χ3n) is 3.16. The monoisotopic (exact) mass is 297 g/mol. The molecule has 1 aliphatic heterocycles. The number of aryl methyl sites for hydroxylation is 1. The molecule has 0 spiro atoms. The summed E-state index contributed by atoms with van der Waals surface area (Å²) in [6, 6.07) is 2.00. The van der Waals surface area contributed by atoms with Gasteiger partial charge in [0.15, 0.2) is 0 Å². The average Bonchev–Trinajstić information content (AvgIpc) is 2.26. The molecule has 2 heterocycles.